The number of hydrogen-bond donors (Lipinski definition) is 0. The Labute approximate surface area is 256 Å². The van der Waals surface area contributed by atoms with Crippen LogP contribution in [0.3, 0.4) is 0 Å². The lowest BCUT2D eigenvalue weighted by atomic mass is 9.74. The first-order valence-corrected chi connectivity index (χ1v) is 18.0. The van der Waals surface area contributed by atoms with Gasteiger partial charge >= 0.3 is 0 Å². The fraction of sp³-hybridized carbons (Fsp3) is 1.00. The molecule has 0 radical (unpaired) electrons. The van der Waals surface area contributed by atoms with E-state index in [-0.39, 0.29) is 0 Å². The summed E-state index contributed by atoms with van der Waals surface area (Å²) in [7, 11) is 0. The third kappa shape index (κ3) is 17.7. The molecule has 0 N–H and O–H groups in total. The van der Waals surface area contributed by atoms with Gasteiger partial charge in [-0.3, -0.25) is 14.7 Å². The summed E-state index contributed by atoms with van der Waals surface area (Å²) in [5.41, 5.74) is 1.20. The van der Waals surface area contributed by atoms with Crippen molar-refractivity contribution in [1.82, 2.24) is 14.7 Å². The second-order valence-electron chi connectivity index (χ2n) is 14.6. The summed E-state index contributed by atoms with van der Waals surface area (Å²) in [6.45, 7) is 40.8. The van der Waals surface area contributed by atoms with Crippen LogP contribution in [0.2, 0.25) is 0 Å². The molecular weight excluding hydrogens is 486 g/mol. The van der Waals surface area contributed by atoms with E-state index in [0.717, 1.165) is 11.8 Å². The van der Waals surface area contributed by atoms with Gasteiger partial charge in [-0.15, -0.1) is 0 Å². The van der Waals surface area contributed by atoms with Crippen LogP contribution < -0.4 is 0 Å². The van der Waals surface area contributed by atoms with Crippen molar-refractivity contribution in [2.75, 3.05) is 39.3 Å². The first-order valence-electron chi connectivity index (χ1n) is 18.0. The molecule has 0 bridgehead atoms. The van der Waals surface area contributed by atoms with Gasteiger partial charge in [-0.1, -0.05) is 73.6 Å². The first kappa shape index (κ1) is 42.0. The number of fused-ring (bicyclic) bond motifs is 1. The predicted molar refractivity (Wildman–Crippen MR) is 186 cm³/mol. The molecule has 4 aliphatic rings. The monoisotopic (exact) mass is 568 g/mol. The summed E-state index contributed by atoms with van der Waals surface area (Å²) in [6, 6.07) is 0. The molecule has 4 fully saturated rings. The van der Waals surface area contributed by atoms with E-state index >= 15 is 0 Å². The molecule has 0 amide bonds. The van der Waals surface area contributed by atoms with Gasteiger partial charge in [-0.2, -0.15) is 0 Å². The summed E-state index contributed by atoms with van der Waals surface area (Å²) in [4.78, 5) is 7.85. The van der Waals surface area contributed by atoms with Crippen molar-refractivity contribution in [3.8, 4) is 0 Å². The molecule has 0 spiro atoms. The maximum atomic E-state index is 2.69. The zero-order valence-corrected chi connectivity index (χ0v) is 31.0. The number of nitrogens with zero attached hydrogens (tertiary/aromatic N) is 3. The van der Waals surface area contributed by atoms with Crippen molar-refractivity contribution in [2.45, 2.75) is 191 Å². The third-order valence-electron chi connectivity index (χ3n) is 8.85. The molecule has 3 saturated heterocycles. The van der Waals surface area contributed by atoms with Crippen LogP contribution in [-0.2, 0) is 0 Å². The Balaban J connectivity index is 0. The molecule has 1 aliphatic carbocycles. The molecule has 0 aromatic carbocycles. The van der Waals surface area contributed by atoms with Crippen LogP contribution >= 0.6 is 0 Å². The Morgan fingerprint density at radius 1 is 0.350 bits per heavy atom. The van der Waals surface area contributed by atoms with E-state index in [1.807, 2.05) is 41.5 Å². The lowest BCUT2D eigenvalue weighted by Crippen LogP contribution is -2.50. The van der Waals surface area contributed by atoms with Crippen molar-refractivity contribution in [2.24, 2.45) is 11.8 Å². The summed E-state index contributed by atoms with van der Waals surface area (Å²) in [6.07, 6.45) is 15.9. The number of piperidine rings is 3. The predicted octanol–water partition coefficient (Wildman–Crippen LogP) is 10.9. The van der Waals surface area contributed by atoms with Gasteiger partial charge in [0.05, 0.1) is 0 Å². The zero-order chi connectivity index (χ0) is 31.4. The average Bonchev–Trinajstić information content (AvgIpc) is 2.96. The molecule has 2 unspecified atom stereocenters. The highest BCUT2D eigenvalue weighted by molar-refractivity contribution is 4.88. The second-order valence-corrected chi connectivity index (χ2v) is 14.6. The SMILES string of the molecule is CC.CC.CC.CC(C)(C)N1CCC2CCCCC2C1.CC(C)(C)N1CCCCC1.CC(C)(C)N1CCCCC1. The van der Waals surface area contributed by atoms with Crippen LogP contribution in [0, 0.1) is 11.8 Å². The van der Waals surface area contributed by atoms with Gasteiger partial charge in [0, 0.05) is 23.2 Å². The molecule has 40 heavy (non-hydrogen) atoms. The van der Waals surface area contributed by atoms with Gasteiger partial charge in [0.25, 0.3) is 0 Å². The van der Waals surface area contributed by atoms with Crippen LogP contribution in [0.1, 0.15) is 174 Å². The third-order valence-corrected chi connectivity index (χ3v) is 8.85. The highest BCUT2D eigenvalue weighted by atomic mass is 15.2. The fourth-order valence-electron chi connectivity index (χ4n) is 6.34. The largest absolute Gasteiger partial charge is 0.298 e. The van der Waals surface area contributed by atoms with Gasteiger partial charge in [-0.05, 0) is 145 Å². The summed E-state index contributed by atoms with van der Waals surface area (Å²) in [5.74, 6) is 2.10. The van der Waals surface area contributed by atoms with Gasteiger partial charge in [0.1, 0.15) is 0 Å². The lowest BCUT2D eigenvalue weighted by Gasteiger charge is -2.46. The van der Waals surface area contributed by atoms with E-state index in [4.69, 9.17) is 0 Å². The number of rotatable bonds is 0. The van der Waals surface area contributed by atoms with Crippen molar-refractivity contribution in [1.29, 1.82) is 0 Å². The second kappa shape index (κ2) is 22.4. The van der Waals surface area contributed by atoms with E-state index in [0.29, 0.717) is 16.6 Å². The van der Waals surface area contributed by atoms with Crippen LogP contribution in [0.25, 0.3) is 0 Å². The smallest absolute Gasteiger partial charge is 0.0125 e. The standard InChI is InChI=1S/C13H25N.2C9H19N.3C2H6/c1-13(2,3)14-9-8-11-6-4-5-7-12(11)10-14;2*1-9(2,3)10-7-5-4-6-8-10;3*1-2/h11-12H,4-10H2,1-3H3;2*4-8H2,1-3H3;3*1-2H3. The molecular formula is C37H81N3. The highest BCUT2D eigenvalue weighted by Gasteiger charge is 2.34. The van der Waals surface area contributed by atoms with E-state index < -0.39 is 0 Å². The molecule has 3 heteroatoms. The van der Waals surface area contributed by atoms with E-state index in [1.165, 1.54) is 110 Å². The van der Waals surface area contributed by atoms with Gasteiger partial charge in [-0.25, -0.2) is 0 Å². The van der Waals surface area contributed by atoms with Crippen LogP contribution in [0.4, 0.5) is 0 Å². The van der Waals surface area contributed by atoms with E-state index in [2.05, 4.69) is 77.0 Å². The minimum Gasteiger partial charge on any atom is -0.298 e. The average molecular weight is 568 g/mol. The Hall–Kier alpha value is -0.120. The van der Waals surface area contributed by atoms with Gasteiger partial charge < -0.3 is 0 Å². The number of likely N-dealkylation sites (tertiary alicyclic amines) is 3. The minimum absolute atomic E-state index is 0.391. The first-order chi connectivity index (χ1) is 18.8. The molecule has 3 heterocycles. The van der Waals surface area contributed by atoms with E-state index in [1.54, 1.807) is 0 Å². The molecule has 4 rings (SSSR count). The summed E-state index contributed by atoms with van der Waals surface area (Å²) < 4.78 is 0. The van der Waals surface area contributed by atoms with Gasteiger partial charge in [0.15, 0.2) is 0 Å². The molecule has 244 valence electrons. The molecule has 2 atom stereocenters. The summed E-state index contributed by atoms with van der Waals surface area (Å²) in [5, 5.41) is 0. The van der Waals surface area contributed by atoms with Crippen LogP contribution in [-0.4, -0.2) is 70.6 Å². The molecule has 3 aliphatic heterocycles. The van der Waals surface area contributed by atoms with Gasteiger partial charge in [0.2, 0.25) is 0 Å². The molecule has 3 nitrogen and oxygen atoms in total. The maximum Gasteiger partial charge on any atom is 0.0125 e. The van der Waals surface area contributed by atoms with Crippen molar-refractivity contribution in [3.63, 3.8) is 0 Å². The van der Waals surface area contributed by atoms with Crippen molar-refractivity contribution in [3.05, 3.63) is 0 Å². The normalized spacial score (nSPS) is 24.4. The lowest BCUT2D eigenvalue weighted by molar-refractivity contribution is 0.0287. The maximum absolute atomic E-state index is 2.69. The Kier molecular flexibility index (Phi) is 23.6. The minimum atomic E-state index is 0.391. The zero-order valence-electron chi connectivity index (χ0n) is 31.0. The quantitative estimate of drug-likeness (QED) is 0.288. The summed E-state index contributed by atoms with van der Waals surface area (Å²) >= 11 is 0. The fourth-order valence-corrected chi connectivity index (χ4v) is 6.34. The van der Waals surface area contributed by atoms with Crippen molar-refractivity contribution < 1.29 is 0 Å². The van der Waals surface area contributed by atoms with Crippen molar-refractivity contribution >= 4 is 0 Å². The topological polar surface area (TPSA) is 9.72 Å². The molecule has 0 aromatic heterocycles. The Bertz CT molecular complexity index is 511. The van der Waals surface area contributed by atoms with Crippen LogP contribution in [0.5, 0.6) is 0 Å². The molecule has 1 saturated carbocycles. The molecule has 0 aromatic rings. The van der Waals surface area contributed by atoms with Crippen LogP contribution in [0.15, 0.2) is 0 Å². The Morgan fingerprint density at radius 2 is 0.675 bits per heavy atom. The van der Waals surface area contributed by atoms with E-state index in [9.17, 15) is 0 Å². The number of hydrogen-bond acceptors (Lipinski definition) is 3. The Morgan fingerprint density at radius 3 is 0.975 bits per heavy atom. The highest BCUT2D eigenvalue weighted by Crippen LogP contribution is 2.37.